The number of fused-ring (bicyclic) bond motifs is 1. The van der Waals surface area contributed by atoms with Gasteiger partial charge in [0.1, 0.15) is 17.7 Å². The molecule has 3 heterocycles. The molecule has 9 nitrogen and oxygen atoms in total. The first-order chi connectivity index (χ1) is 10.6. The Morgan fingerprint density at radius 2 is 2.32 bits per heavy atom. The minimum Gasteiger partial charge on any atom is -0.337 e. The first-order valence-electron chi connectivity index (χ1n) is 7.05. The molecule has 0 aromatic carbocycles. The van der Waals surface area contributed by atoms with E-state index < -0.39 is 11.9 Å². The van der Waals surface area contributed by atoms with Crippen LogP contribution in [0.1, 0.15) is 29.3 Å². The van der Waals surface area contributed by atoms with E-state index in [1.54, 1.807) is 30.9 Å². The average molecular weight is 303 g/mol. The topological polar surface area (TPSA) is 109 Å². The lowest BCUT2D eigenvalue weighted by Gasteiger charge is -2.27. The van der Waals surface area contributed by atoms with Crippen molar-refractivity contribution in [2.24, 2.45) is 0 Å². The minimum atomic E-state index is -0.597. The van der Waals surface area contributed by atoms with Crippen LogP contribution in [-0.4, -0.2) is 49.9 Å². The number of H-pyrrole nitrogens is 1. The fourth-order valence-electron chi connectivity index (χ4n) is 2.50. The maximum atomic E-state index is 12.6. The van der Waals surface area contributed by atoms with E-state index in [0.717, 1.165) is 12.2 Å². The highest BCUT2D eigenvalue weighted by atomic mass is 16.2. The second-order valence-corrected chi connectivity index (χ2v) is 5.22. The Labute approximate surface area is 126 Å². The van der Waals surface area contributed by atoms with Crippen LogP contribution in [0.2, 0.25) is 0 Å². The van der Waals surface area contributed by atoms with E-state index >= 15 is 0 Å². The molecule has 9 heteroatoms. The van der Waals surface area contributed by atoms with Gasteiger partial charge in [-0.15, -0.1) is 5.10 Å². The Balaban J connectivity index is 1.77. The van der Waals surface area contributed by atoms with Gasteiger partial charge in [-0.2, -0.15) is 5.10 Å². The molecule has 3 rings (SSSR count). The van der Waals surface area contributed by atoms with Gasteiger partial charge in [0.15, 0.2) is 0 Å². The Bertz CT molecular complexity index is 705. The van der Waals surface area contributed by atoms with Gasteiger partial charge in [0, 0.05) is 19.7 Å². The molecule has 0 aliphatic carbocycles. The molecule has 1 unspecified atom stereocenters. The standard InChI is InChI=1S/C13H17N7O2/c1-8-15-11(18-17-8)12(21)16-9-4-3-7-20-10(5-6-14-20)19(2)13(9)22/h5-6,9H,3-4,7H2,1-2H3,(H,16,21)(H,15,17,18). The van der Waals surface area contributed by atoms with E-state index in [4.69, 9.17) is 0 Å². The number of aryl methyl sites for hydroxylation is 2. The molecule has 116 valence electrons. The Morgan fingerprint density at radius 3 is 3.05 bits per heavy atom. The number of nitrogens with zero attached hydrogens (tertiary/aromatic N) is 5. The number of hydrogen-bond donors (Lipinski definition) is 2. The van der Waals surface area contributed by atoms with Gasteiger partial charge in [-0.25, -0.2) is 9.67 Å². The summed E-state index contributed by atoms with van der Waals surface area (Å²) in [5.41, 5.74) is 0. The molecular formula is C13H17N7O2. The van der Waals surface area contributed by atoms with Crippen LogP contribution in [-0.2, 0) is 11.3 Å². The van der Waals surface area contributed by atoms with Crippen molar-refractivity contribution in [3.8, 4) is 0 Å². The number of aromatic nitrogens is 5. The molecule has 0 bridgehead atoms. The van der Waals surface area contributed by atoms with Crippen molar-refractivity contribution in [3.63, 3.8) is 0 Å². The highest BCUT2D eigenvalue weighted by molar-refractivity contribution is 6.00. The van der Waals surface area contributed by atoms with Crippen LogP contribution in [0.3, 0.4) is 0 Å². The summed E-state index contributed by atoms with van der Waals surface area (Å²) in [5.74, 6) is 0.681. The summed E-state index contributed by atoms with van der Waals surface area (Å²) in [6, 6.07) is 1.18. The van der Waals surface area contributed by atoms with E-state index in [-0.39, 0.29) is 11.7 Å². The van der Waals surface area contributed by atoms with E-state index in [1.807, 2.05) is 0 Å². The lowest BCUT2D eigenvalue weighted by molar-refractivity contribution is -0.120. The zero-order chi connectivity index (χ0) is 15.7. The number of amides is 2. The lowest BCUT2D eigenvalue weighted by Crippen LogP contribution is -2.49. The molecule has 2 aromatic heterocycles. The molecule has 0 saturated heterocycles. The largest absolute Gasteiger partial charge is 0.337 e. The van der Waals surface area contributed by atoms with E-state index in [9.17, 15) is 9.59 Å². The first-order valence-corrected chi connectivity index (χ1v) is 7.05. The van der Waals surface area contributed by atoms with Crippen LogP contribution < -0.4 is 10.2 Å². The number of aromatic amines is 1. The van der Waals surface area contributed by atoms with Crippen LogP contribution in [0.15, 0.2) is 12.3 Å². The van der Waals surface area contributed by atoms with E-state index in [2.05, 4.69) is 25.6 Å². The highest BCUT2D eigenvalue weighted by Gasteiger charge is 2.29. The quantitative estimate of drug-likeness (QED) is 0.803. The van der Waals surface area contributed by atoms with Crippen molar-refractivity contribution in [2.75, 3.05) is 11.9 Å². The van der Waals surface area contributed by atoms with Gasteiger partial charge in [-0.1, -0.05) is 0 Å². The highest BCUT2D eigenvalue weighted by Crippen LogP contribution is 2.18. The van der Waals surface area contributed by atoms with Crippen LogP contribution in [0.25, 0.3) is 0 Å². The fraction of sp³-hybridized carbons (Fsp3) is 0.462. The van der Waals surface area contributed by atoms with Gasteiger partial charge in [-0.05, 0) is 19.8 Å². The predicted molar refractivity (Wildman–Crippen MR) is 77.2 cm³/mol. The molecular weight excluding hydrogens is 286 g/mol. The molecule has 0 saturated carbocycles. The molecule has 0 radical (unpaired) electrons. The van der Waals surface area contributed by atoms with Crippen molar-refractivity contribution in [1.82, 2.24) is 30.3 Å². The summed E-state index contributed by atoms with van der Waals surface area (Å²) >= 11 is 0. The van der Waals surface area contributed by atoms with Crippen LogP contribution in [0, 0.1) is 6.92 Å². The van der Waals surface area contributed by atoms with E-state index in [1.165, 1.54) is 4.90 Å². The second kappa shape index (κ2) is 5.58. The molecule has 2 aromatic rings. The smallest absolute Gasteiger partial charge is 0.291 e. The van der Waals surface area contributed by atoms with Crippen LogP contribution in [0.4, 0.5) is 5.82 Å². The maximum Gasteiger partial charge on any atom is 0.291 e. The zero-order valence-electron chi connectivity index (χ0n) is 12.4. The molecule has 2 amide bonds. The summed E-state index contributed by atoms with van der Waals surface area (Å²) in [7, 11) is 1.68. The SMILES string of the molecule is Cc1nc(C(=O)NC2CCCn3nccc3N(C)C2=O)n[nH]1. The normalized spacial score (nSPS) is 18.5. The molecule has 1 aliphatic heterocycles. The van der Waals surface area contributed by atoms with Crippen molar-refractivity contribution < 1.29 is 9.59 Å². The molecule has 1 aliphatic rings. The summed E-state index contributed by atoms with van der Waals surface area (Å²) < 4.78 is 1.79. The molecule has 0 fully saturated rings. The third kappa shape index (κ3) is 2.57. The predicted octanol–water partition coefficient (Wildman–Crippen LogP) is -0.135. The number of nitrogens with one attached hydrogen (secondary N) is 2. The van der Waals surface area contributed by atoms with Crippen molar-refractivity contribution in [3.05, 3.63) is 23.9 Å². The molecule has 1 atom stereocenters. The van der Waals surface area contributed by atoms with Gasteiger partial charge in [-0.3, -0.25) is 19.6 Å². The third-order valence-corrected chi connectivity index (χ3v) is 3.63. The number of likely N-dealkylation sites (N-methyl/N-ethyl adjacent to an activating group) is 1. The van der Waals surface area contributed by atoms with Crippen LogP contribution in [0.5, 0.6) is 0 Å². The van der Waals surface area contributed by atoms with Gasteiger partial charge >= 0.3 is 0 Å². The van der Waals surface area contributed by atoms with Gasteiger partial charge in [0.05, 0.1) is 6.20 Å². The lowest BCUT2D eigenvalue weighted by atomic mass is 10.1. The van der Waals surface area contributed by atoms with E-state index in [0.29, 0.717) is 18.8 Å². The Hall–Kier alpha value is -2.71. The van der Waals surface area contributed by atoms with Gasteiger partial charge < -0.3 is 5.32 Å². The average Bonchev–Trinajstić information content (AvgIpc) is 3.12. The number of hydrogen-bond acceptors (Lipinski definition) is 5. The van der Waals surface area contributed by atoms with Crippen molar-refractivity contribution in [2.45, 2.75) is 32.4 Å². The van der Waals surface area contributed by atoms with Gasteiger partial charge in [0.25, 0.3) is 5.91 Å². The fourth-order valence-corrected chi connectivity index (χ4v) is 2.50. The molecule has 0 spiro atoms. The van der Waals surface area contributed by atoms with Crippen molar-refractivity contribution >= 4 is 17.6 Å². The zero-order valence-corrected chi connectivity index (χ0v) is 12.4. The second-order valence-electron chi connectivity index (χ2n) is 5.22. The summed E-state index contributed by atoms with van der Waals surface area (Å²) in [5, 5.41) is 13.3. The Morgan fingerprint density at radius 1 is 1.50 bits per heavy atom. The Kier molecular flexibility index (Phi) is 3.61. The number of rotatable bonds is 2. The summed E-state index contributed by atoms with van der Waals surface area (Å²) in [6.07, 6.45) is 2.94. The first kappa shape index (κ1) is 14.2. The number of carbonyl (C=O) groups is 2. The monoisotopic (exact) mass is 303 g/mol. The van der Waals surface area contributed by atoms with Gasteiger partial charge in [0.2, 0.25) is 11.7 Å². The minimum absolute atomic E-state index is 0.0417. The third-order valence-electron chi connectivity index (χ3n) is 3.63. The van der Waals surface area contributed by atoms with Crippen LogP contribution >= 0.6 is 0 Å². The van der Waals surface area contributed by atoms with Crippen molar-refractivity contribution in [1.29, 1.82) is 0 Å². The summed E-state index contributed by atoms with van der Waals surface area (Å²) in [6.45, 7) is 2.41. The number of anilines is 1. The molecule has 22 heavy (non-hydrogen) atoms. The summed E-state index contributed by atoms with van der Waals surface area (Å²) in [4.78, 5) is 30.2. The number of carbonyl (C=O) groups excluding carboxylic acids is 2. The maximum absolute atomic E-state index is 12.6. The molecule has 2 N–H and O–H groups in total.